The minimum atomic E-state index is -3.73. The third-order valence-corrected chi connectivity index (χ3v) is 9.07. The third-order valence-electron chi connectivity index (χ3n) is 6.21. The second-order valence-corrected chi connectivity index (χ2v) is 12.0. The molecule has 5 rings (SSSR count). The molecule has 7 nitrogen and oxygen atoms in total. The van der Waals surface area contributed by atoms with Crippen molar-refractivity contribution in [3.05, 3.63) is 120 Å². The van der Waals surface area contributed by atoms with Gasteiger partial charge >= 0.3 is 0 Å². The molecule has 0 bridgehead atoms. The van der Waals surface area contributed by atoms with E-state index in [-0.39, 0.29) is 23.9 Å². The molecule has 192 valence electrons. The first-order valence-electron chi connectivity index (χ1n) is 12.0. The maximum absolute atomic E-state index is 13.8. The lowest BCUT2D eigenvalue weighted by Crippen LogP contribution is -2.30. The molecule has 0 aliphatic carbocycles. The van der Waals surface area contributed by atoms with E-state index in [1.165, 1.54) is 27.8 Å². The van der Waals surface area contributed by atoms with Crippen LogP contribution in [0.4, 0.5) is 5.13 Å². The molecule has 0 fully saturated rings. The van der Waals surface area contributed by atoms with Crippen molar-refractivity contribution in [1.29, 1.82) is 0 Å². The van der Waals surface area contributed by atoms with Gasteiger partial charge in [-0.15, -0.1) is 0 Å². The van der Waals surface area contributed by atoms with Gasteiger partial charge in [0.1, 0.15) is 0 Å². The zero-order chi connectivity index (χ0) is 26.7. The average Bonchev–Trinajstić information content (AvgIpc) is 3.38. The van der Waals surface area contributed by atoms with Crippen LogP contribution in [0.5, 0.6) is 0 Å². The van der Waals surface area contributed by atoms with Crippen LogP contribution in [-0.2, 0) is 23.1 Å². The summed E-state index contributed by atoms with van der Waals surface area (Å²) in [6.07, 6.45) is 3.40. The van der Waals surface area contributed by atoms with Gasteiger partial charge in [0.05, 0.1) is 21.7 Å². The Bertz CT molecular complexity index is 1670. The normalized spacial score (nSPS) is 11.7. The molecule has 9 heteroatoms. The Hall–Kier alpha value is -3.92. The Labute approximate surface area is 226 Å². The van der Waals surface area contributed by atoms with Crippen LogP contribution in [0, 0.1) is 6.92 Å². The summed E-state index contributed by atoms with van der Waals surface area (Å²) in [5, 5.41) is 0.572. The number of aromatic nitrogens is 2. The SMILES string of the molecule is Cc1cccc2sc(N(Cc3cccnc3)C(=O)c3ccc(S(=O)(=O)N(C)Cc4ccccc4)cc3)nc12. The van der Waals surface area contributed by atoms with Crippen LogP contribution in [0.3, 0.4) is 0 Å². The Balaban J connectivity index is 1.44. The van der Waals surface area contributed by atoms with Crippen LogP contribution in [0.15, 0.2) is 102 Å². The number of hydrogen-bond donors (Lipinski definition) is 0. The molecular weight excluding hydrogens is 516 g/mol. The van der Waals surface area contributed by atoms with E-state index < -0.39 is 10.0 Å². The van der Waals surface area contributed by atoms with Gasteiger partial charge in [0.25, 0.3) is 5.91 Å². The number of para-hydroxylation sites is 1. The number of pyridine rings is 1. The van der Waals surface area contributed by atoms with Crippen molar-refractivity contribution in [2.45, 2.75) is 24.9 Å². The molecule has 0 aliphatic rings. The summed E-state index contributed by atoms with van der Waals surface area (Å²) in [4.78, 5) is 24.5. The topological polar surface area (TPSA) is 83.5 Å². The molecule has 0 spiro atoms. The van der Waals surface area contributed by atoms with E-state index in [0.717, 1.165) is 26.9 Å². The van der Waals surface area contributed by atoms with Gasteiger partial charge in [0, 0.05) is 31.5 Å². The van der Waals surface area contributed by atoms with E-state index in [4.69, 9.17) is 4.98 Å². The fraction of sp³-hybridized carbons (Fsp3) is 0.138. The van der Waals surface area contributed by atoms with Gasteiger partial charge in [-0.2, -0.15) is 4.31 Å². The van der Waals surface area contributed by atoms with Crippen molar-refractivity contribution < 1.29 is 13.2 Å². The van der Waals surface area contributed by atoms with Gasteiger partial charge in [-0.05, 0) is 60.0 Å². The molecule has 2 aromatic heterocycles. The summed E-state index contributed by atoms with van der Waals surface area (Å²) >= 11 is 1.45. The van der Waals surface area contributed by atoms with Gasteiger partial charge in [-0.1, -0.05) is 59.9 Å². The summed E-state index contributed by atoms with van der Waals surface area (Å²) in [5.41, 5.74) is 4.02. The van der Waals surface area contributed by atoms with Gasteiger partial charge in [0.2, 0.25) is 10.0 Å². The number of hydrogen-bond acceptors (Lipinski definition) is 6. The zero-order valence-corrected chi connectivity index (χ0v) is 22.6. The number of benzene rings is 3. The van der Waals surface area contributed by atoms with Gasteiger partial charge < -0.3 is 0 Å². The van der Waals surface area contributed by atoms with E-state index in [2.05, 4.69) is 4.98 Å². The van der Waals surface area contributed by atoms with Crippen molar-refractivity contribution in [3.63, 3.8) is 0 Å². The van der Waals surface area contributed by atoms with Crippen molar-refractivity contribution in [1.82, 2.24) is 14.3 Å². The molecule has 0 N–H and O–H groups in total. The molecule has 0 radical (unpaired) electrons. The number of amides is 1. The van der Waals surface area contributed by atoms with Crippen LogP contribution < -0.4 is 4.90 Å². The van der Waals surface area contributed by atoms with Crippen LogP contribution >= 0.6 is 11.3 Å². The lowest BCUT2D eigenvalue weighted by molar-refractivity contribution is 0.0985. The second kappa shape index (κ2) is 10.8. The van der Waals surface area contributed by atoms with E-state index >= 15 is 0 Å². The Kier molecular flexibility index (Phi) is 7.33. The van der Waals surface area contributed by atoms with Gasteiger partial charge in [0.15, 0.2) is 5.13 Å². The molecule has 0 unspecified atom stereocenters. The first kappa shape index (κ1) is 25.7. The van der Waals surface area contributed by atoms with Gasteiger partial charge in [-0.3, -0.25) is 14.7 Å². The predicted molar refractivity (Wildman–Crippen MR) is 151 cm³/mol. The highest BCUT2D eigenvalue weighted by Gasteiger charge is 2.25. The third kappa shape index (κ3) is 5.35. The number of rotatable bonds is 8. The molecule has 0 aliphatic heterocycles. The minimum absolute atomic E-state index is 0.127. The number of sulfonamides is 1. The number of carbonyl (C=O) groups is 1. The Morgan fingerprint density at radius 1 is 0.868 bits per heavy atom. The number of carbonyl (C=O) groups excluding carboxylic acids is 1. The highest BCUT2D eigenvalue weighted by Crippen LogP contribution is 2.32. The zero-order valence-electron chi connectivity index (χ0n) is 21.0. The monoisotopic (exact) mass is 542 g/mol. The fourth-order valence-electron chi connectivity index (χ4n) is 4.12. The first-order valence-corrected chi connectivity index (χ1v) is 14.3. The molecule has 5 aromatic rings. The van der Waals surface area contributed by atoms with Crippen molar-refractivity contribution in [2.24, 2.45) is 0 Å². The summed E-state index contributed by atoms with van der Waals surface area (Å²) < 4.78 is 28.6. The summed E-state index contributed by atoms with van der Waals surface area (Å²) in [6, 6.07) is 25.2. The fourth-order valence-corrected chi connectivity index (χ4v) is 6.32. The highest BCUT2D eigenvalue weighted by atomic mass is 32.2. The van der Waals surface area contributed by atoms with Crippen LogP contribution in [0.2, 0.25) is 0 Å². The Morgan fingerprint density at radius 3 is 2.29 bits per heavy atom. The maximum Gasteiger partial charge on any atom is 0.260 e. The van der Waals surface area contributed by atoms with Crippen LogP contribution in [0.1, 0.15) is 27.0 Å². The van der Waals surface area contributed by atoms with E-state index in [1.54, 1.807) is 36.5 Å². The van der Waals surface area contributed by atoms with Gasteiger partial charge in [-0.25, -0.2) is 13.4 Å². The van der Waals surface area contributed by atoms with Crippen LogP contribution in [-0.4, -0.2) is 35.6 Å². The summed E-state index contributed by atoms with van der Waals surface area (Å²) in [5.74, 6) is -0.271. The molecule has 1 amide bonds. The molecule has 0 atom stereocenters. The summed E-state index contributed by atoms with van der Waals surface area (Å²) in [7, 11) is -2.19. The quantitative estimate of drug-likeness (QED) is 0.252. The number of anilines is 1. The summed E-state index contributed by atoms with van der Waals surface area (Å²) in [6.45, 7) is 2.53. The average molecular weight is 543 g/mol. The predicted octanol–water partition coefficient (Wildman–Crippen LogP) is 5.67. The lowest BCUT2D eigenvalue weighted by Gasteiger charge is -2.21. The molecule has 0 saturated heterocycles. The second-order valence-electron chi connectivity index (χ2n) is 8.94. The van der Waals surface area contributed by atoms with Crippen molar-refractivity contribution in [3.8, 4) is 0 Å². The molecule has 3 aromatic carbocycles. The minimum Gasteiger partial charge on any atom is -0.279 e. The number of fused-ring (bicyclic) bond motifs is 1. The van der Waals surface area contributed by atoms with E-state index in [1.807, 2.05) is 67.6 Å². The molecular formula is C29H26N4O3S2. The van der Waals surface area contributed by atoms with Crippen molar-refractivity contribution >= 4 is 42.6 Å². The smallest absolute Gasteiger partial charge is 0.260 e. The maximum atomic E-state index is 13.8. The lowest BCUT2D eigenvalue weighted by atomic mass is 10.2. The van der Waals surface area contributed by atoms with Crippen molar-refractivity contribution in [2.75, 3.05) is 11.9 Å². The number of thiazole rings is 1. The number of aryl methyl sites for hydroxylation is 1. The van der Waals surface area contributed by atoms with E-state index in [9.17, 15) is 13.2 Å². The first-order chi connectivity index (χ1) is 18.3. The van der Waals surface area contributed by atoms with E-state index in [0.29, 0.717) is 10.7 Å². The molecule has 38 heavy (non-hydrogen) atoms. The standard InChI is InChI=1S/C29H26N4O3S2/c1-21-8-6-12-26-27(21)31-29(37-26)33(20-23-11-7-17-30-18-23)28(34)24-13-15-25(16-14-24)38(35,36)32(2)19-22-9-4-3-5-10-22/h3-18H,19-20H2,1-2H3. The molecule has 2 heterocycles. The highest BCUT2D eigenvalue weighted by molar-refractivity contribution is 7.89. The Morgan fingerprint density at radius 2 is 1.61 bits per heavy atom. The number of nitrogens with zero attached hydrogens (tertiary/aromatic N) is 4. The largest absolute Gasteiger partial charge is 0.279 e. The van der Waals surface area contributed by atoms with Crippen LogP contribution in [0.25, 0.3) is 10.2 Å². The molecule has 0 saturated carbocycles.